The van der Waals surface area contributed by atoms with Crippen molar-refractivity contribution >= 4 is 57.8 Å². The van der Waals surface area contributed by atoms with Crippen molar-refractivity contribution in [1.82, 2.24) is 4.90 Å². The van der Waals surface area contributed by atoms with Crippen LogP contribution < -0.4 is 5.32 Å². The van der Waals surface area contributed by atoms with Gasteiger partial charge in [0.05, 0.1) is 16.7 Å². The van der Waals surface area contributed by atoms with Gasteiger partial charge in [-0.15, -0.1) is 0 Å². The van der Waals surface area contributed by atoms with Crippen molar-refractivity contribution in [3.05, 3.63) is 58.9 Å². The number of thiocarbonyl (C=S) groups is 1. The Hall–Kier alpha value is -2.91. The number of nitrogens with one attached hydrogen (secondary N) is 1. The number of hydrogen-bond acceptors (Lipinski definition) is 6. The molecule has 0 radical (unpaired) electrons. The number of amides is 2. The van der Waals surface area contributed by atoms with Crippen molar-refractivity contribution in [2.45, 2.75) is 25.7 Å². The Kier molecular flexibility index (Phi) is 7.42. The van der Waals surface area contributed by atoms with Gasteiger partial charge in [-0.2, -0.15) is 0 Å². The van der Waals surface area contributed by atoms with Crippen molar-refractivity contribution in [1.29, 1.82) is 0 Å². The molecular formula is C21H20N2O5S2. The molecule has 0 aliphatic carbocycles. The second-order valence-corrected chi connectivity index (χ2v) is 8.27. The average Bonchev–Trinajstić information content (AvgIpc) is 3.31. The molecule has 2 aromatic rings. The molecule has 1 aliphatic heterocycles. The maximum Gasteiger partial charge on any atom is 0.335 e. The van der Waals surface area contributed by atoms with Gasteiger partial charge in [-0.05, 0) is 43.2 Å². The van der Waals surface area contributed by atoms with Gasteiger partial charge >= 0.3 is 5.97 Å². The molecule has 1 fully saturated rings. The third kappa shape index (κ3) is 5.80. The zero-order valence-electron chi connectivity index (χ0n) is 16.0. The first-order chi connectivity index (χ1) is 14.4. The zero-order valence-corrected chi connectivity index (χ0v) is 17.6. The Labute approximate surface area is 183 Å². The van der Waals surface area contributed by atoms with Crippen LogP contribution in [0.15, 0.2) is 52.0 Å². The highest BCUT2D eigenvalue weighted by Crippen LogP contribution is 2.32. The standard InChI is InChI=1S/C21H20N2O5S2/c24-18(22-15-7-4-6-14(12-15)20(26)27)9-2-1-3-10-23-19(25)17(30-21(23)29)13-16-8-5-11-28-16/h4-8,11-13H,1-3,9-10H2,(H,22,24)(H,26,27)/b17-13+. The summed E-state index contributed by atoms with van der Waals surface area (Å²) in [5.41, 5.74) is 0.582. The first-order valence-corrected chi connectivity index (χ1v) is 10.6. The molecule has 2 heterocycles. The van der Waals surface area contributed by atoms with Crippen molar-refractivity contribution in [3.8, 4) is 0 Å². The van der Waals surface area contributed by atoms with Crippen LogP contribution >= 0.6 is 24.0 Å². The van der Waals surface area contributed by atoms with Gasteiger partial charge in [0, 0.05) is 24.7 Å². The van der Waals surface area contributed by atoms with Crippen molar-refractivity contribution in [2.24, 2.45) is 0 Å². The highest BCUT2D eigenvalue weighted by molar-refractivity contribution is 8.26. The van der Waals surface area contributed by atoms with Gasteiger partial charge in [-0.25, -0.2) is 4.79 Å². The van der Waals surface area contributed by atoms with Crippen LogP contribution in [0.1, 0.15) is 41.8 Å². The molecular weight excluding hydrogens is 424 g/mol. The van der Waals surface area contributed by atoms with Crippen LogP contribution in [-0.4, -0.2) is 38.7 Å². The van der Waals surface area contributed by atoms with Gasteiger partial charge in [0.25, 0.3) is 5.91 Å². The maximum atomic E-state index is 12.5. The highest BCUT2D eigenvalue weighted by atomic mass is 32.2. The maximum absolute atomic E-state index is 12.5. The number of carbonyl (C=O) groups excluding carboxylic acids is 2. The lowest BCUT2D eigenvalue weighted by molar-refractivity contribution is -0.122. The smallest absolute Gasteiger partial charge is 0.335 e. The van der Waals surface area contributed by atoms with E-state index in [1.807, 2.05) is 0 Å². The van der Waals surface area contributed by atoms with Gasteiger partial charge in [-0.3, -0.25) is 14.5 Å². The molecule has 0 unspecified atom stereocenters. The van der Waals surface area contributed by atoms with Crippen LogP contribution in [0.5, 0.6) is 0 Å². The first-order valence-electron chi connectivity index (χ1n) is 9.36. The summed E-state index contributed by atoms with van der Waals surface area (Å²) in [6.45, 7) is 0.502. The molecule has 0 atom stereocenters. The minimum absolute atomic E-state index is 0.123. The van der Waals surface area contributed by atoms with Crippen LogP contribution in [0, 0.1) is 0 Å². The van der Waals surface area contributed by atoms with E-state index in [9.17, 15) is 14.4 Å². The number of carbonyl (C=O) groups is 3. The second-order valence-electron chi connectivity index (χ2n) is 6.59. The van der Waals surface area contributed by atoms with E-state index in [0.717, 1.165) is 12.8 Å². The largest absolute Gasteiger partial charge is 0.478 e. The van der Waals surface area contributed by atoms with Gasteiger partial charge in [-0.1, -0.05) is 36.5 Å². The number of unbranched alkanes of at least 4 members (excludes halogenated alkanes) is 2. The molecule has 3 rings (SSSR count). The number of carboxylic acid groups (broad SMARTS) is 1. The molecule has 7 nitrogen and oxygen atoms in total. The summed E-state index contributed by atoms with van der Waals surface area (Å²) in [5.74, 6) is -0.738. The monoisotopic (exact) mass is 444 g/mol. The minimum atomic E-state index is -1.04. The Morgan fingerprint density at radius 3 is 2.77 bits per heavy atom. The summed E-state index contributed by atoms with van der Waals surface area (Å²) in [4.78, 5) is 37.6. The zero-order chi connectivity index (χ0) is 21.5. The first kappa shape index (κ1) is 21.8. The third-order valence-electron chi connectivity index (χ3n) is 4.37. The van der Waals surface area contributed by atoms with Crippen LogP contribution in [0.2, 0.25) is 0 Å². The Morgan fingerprint density at radius 2 is 2.03 bits per heavy atom. The SMILES string of the molecule is O=C(CCCCCN1C(=O)/C(=C\c2ccco2)SC1=S)Nc1cccc(C(=O)O)c1. The lowest BCUT2D eigenvalue weighted by Crippen LogP contribution is -2.29. The van der Waals surface area contributed by atoms with E-state index in [0.29, 0.717) is 40.1 Å². The molecule has 2 N–H and O–H groups in total. The van der Waals surface area contributed by atoms with Crippen LogP contribution in [0.4, 0.5) is 5.69 Å². The molecule has 0 bridgehead atoms. The fourth-order valence-corrected chi connectivity index (χ4v) is 4.17. The average molecular weight is 445 g/mol. The summed E-state index contributed by atoms with van der Waals surface area (Å²) >= 11 is 6.56. The number of rotatable bonds is 9. The van der Waals surface area contributed by atoms with Gasteiger partial charge < -0.3 is 14.8 Å². The number of nitrogens with zero attached hydrogens (tertiary/aromatic N) is 1. The van der Waals surface area contributed by atoms with Gasteiger partial charge in [0.2, 0.25) is 5.91 Å². The van der Waals surface area contributed by atoms with E-state index in [2.05, 4.69) is 5.32 Å². The normalized spacial score (nSPS) is 15.1. The Balaban J connectivity index is 1.39. The summed E-state index contributed by atoms with van der Waals surface area (Å²) in [7, 11) is 0. The Morgan fingerprint density at radius 1 is 1.20 bits per heavy atom. The summed E-state index contributed by atoms with van der Waals surface area (Å²) in [5, 5.41) is 11.7. The lowest BCUT2D eigenvalue weighted by atomic mass is 10.1. The van der Waals surface area contributed by atoms with E-state index in [1.54, 1.807) is 41.5 Å². The van der Waals surface area contributed by atoms with Crippen LogP contribution in [0.3, 0.4) is 0 Å². The number of carboxylic acids is 1. The van der Waals surface area contributed by atoms with Gasteiger partial charge in [0.15, 0.2) is 0 Å². The number of anilines is 1. The molecule has 156 valence electrons. The lowest BCUT2D eigenvalue weighted by Gasteiger charge is -2.14. The fourth-order valence-electron chi connectivity index (χ4n) is 2.88. The van der Waals surface area contributed by atoms with E-state index in [4.69, 9.17) is 21.7 Å². The van der Waals surface area contributed by atoms with E-state index in [1.165, 1.54) is 23.9 Å². The quantitative estimate of drug-likeness (QED) is 0.336. The van der Waals surface area contributed by atoms with E-state index < -0.39 is 5.97 Å². The van der Waals surface area contributed by atoms with E-state index in [-0.39, 0.29) is 17.4 Å². The van der Waals surface area contributed by atoms with Crippen molar-refractivity contribution < 1.29 is 23.9 Å². The van der Waals surface area contributed by atoms with Crippen LogP contribution in [-0.2, 0) is 9.59 Å². The summed E-state index contributed by atoms with van der Waals surface area (Å²) < 4.78 is 5.76. The molecule has 2 amide bonds. The number of aromatic carboxylic acids is 1. The number of furan rings is 1. The molecule has 1 aromatic carbocycles. The molecule has 9 heteroatoms. The molecule has 0 saturated carbocycles. The predicted octanol–water partition coefficient (Wildman–Crippen LogP) is 4.38. The van der Waals surface area contributed by atoms with Crippen molar-refractivity contribution in [3.63, 3.8) is 0 Å². The van der Waals surface area contributed by atoms with E-state index >= 15 is 0 Å². The molecule has 1 aromatic heterocycles. The number of hydrogen-bond donors (Lipinski definition) is 2. The fraction of sp³-hybridized carbons (Fsp3) is 0.238. The Bertz CT molecular complexity index is 985. The minimum Gasteiger partial charge on any atom is -0.478 e. The highest BCUT2D eigenvalue weighted by Gasteiger charge is 2.31. The summed E-state index contributed by atoms with van der Waals surface area (Å²) in [6.07, 6.45) is 5.68. The number of thioether (sulfide) groups is 1. The topological polar surface area (TPSA) is 99.9 Å². The molecule has 0 spiro atoms. The molecule has 30 heavy (non-hydrogen) atoms. The number of benzene rings is 1. The second kappa shape index (κ2) is 10.2. The van der Waals surface area contributed by atoms with Crippen LogP contribution in [0.25, 0.3) is 6.08 Å². The molecule has 1 aliphatic rings. The predicted molar refractivity (Wildman–Crippen MR) is 119 cm³/mol. The van der Waals surface area contributed by atoms with Gasteiger partial charge in [0.1, 0.15) is 10.1 Å². The summed E-state index contributed by atoms with van der Waals surface area (Å²) in [6, 6.07) is 9.65. The molecule has 1 saturated heterocycles. The third-order valence-corrected chi connectivity index (χ3v) is 5.75. The van der Waals surface area contributed by atoms with Crippen molar-refractivity contribution in [2.75, 3.05) is 11.9 Å².